The maximum atomic E-state index is 11.2. The van der Waals surface area contributed by atoms with E-state index in [0.717, 1.165) is 5.57 Å². The van der Waals surface area contributed by atoms with E-state index in [-0.39, 0.29) is 0 Å². The average molecular weight is 341 g/mol. The molecule has 2 atom stereocenters. The topological polar surface area (TPSA) is 47.9 Å². The largest absolute Gasteiger partial charge is 0.466 e. The SMILES string of the molecule is COC(=O)[C@H](C)O/N=C1\C=C[C@](C)(C(Cl)(Cl)Cl)C=C1C. The van der Waals surface area contributed by atoms with Crippen molar-refractivity contribution in [3.8, 4) is 0 Å². The molecule has 0 amide bonds. The lowest BCUT2D eigenvalue weighted by Crippen LogP contribution is -2.31. The van der Waals surface area contributed by atoms with Gasteiger partial charge in [-0.15, -0.1) is 0 Å². The summed E-state index contributed by atoms with van der Waals surface area (Å²) in [5, 5.41) is 3.91. The van der Waals surface area contributed by atoms with E-state index in [0.29, 0.717) is 5.71 Å². The molecule has 0 aliphatic heterocycles. The average Bonchev–Trinajstić information content (AvgIpc) is 2.35. The molecule has 0 radical (unpaired) electrons. The molecule has 0 aromatic carbocycles. The Morgan fingerprint density at radius 2 is 2.05 bits per heavy atom. The molecule has 0 saturated heterocycles. The molecule has 0 bridgehead atoms. The number of carbonyl (C=O) groups is 1. The number of carbonyl (C=O) groups excluding carboxylic acids is 1. The lowest BCUT2D eigenvalue weighted by Gasteiger charge is -2.33. The van der Waals surface area contributed by atoms with Gasteiger partial charge in [0.25, 0.3) is 0 Å². The normalized spacial score (nSPS) is 26.1. The quantitative estimate of drug-likeness (QED) is 0.446. The fourth-order valence-electron chi connectivity index (χ4n) is 1.58. The maximum Gasteiger partial charge on any atom is 0.349 e. The zero-order valence-corrected chi connectivity index (χ0v) is 13.9. The van der Waals surface area contributed by atoms with Crippen LogP contribution in [0.4, 0.5) is 0 Å². The number of halogens is 3. The third-order valence-corrected chi connectivity index (χ3v) is 4.18. The van der Waals surface area contributed by atoms with E-state index in [1.165, 1.54) is 7.11 Å². The molecular weight excluding hydrogens is 325 g/mol. The summed E-state index contributed by atoms with van der Waals surface area (Å²) < 4.78 is 3.08. The van der Waals surface area contributed by atoms with Crippen molar-refractivity contribution in [2.75, 3.05) is 7.11 Å². The molecule has 112 valence electrons. The van der Waals surface area contributed by atoms with Gasteiger partial charge in [-0.2, -0.15) is 0 Å². The van der Waals surface area contributed by atoms with E-state index in [4.69, 9.17) is 39.6 Å². The van der Waals surface area contributed by atoms with Gasteiger partial charge in [0.05, 0.1) is 12.5 Å². The van der Waals surface area contributed by atoms with Gasteiger partial charge in [0.15, 0.2) is 0 Å². The summed E-state index contributed by atoms with van der Waals surface area (Å²) in [6, 6.07) is 0. The zero-order chi connectivity index (χ0) is 15.6. The minimum absolute atomic E-state index is 0.498. The Kier molecular flexibility index (Phi) is 5.53. The van der Waals surface area contributed by atoms with E-state index in [1.807, 2.05) is 6.92 Å². The Balaban J connectivity index is 2.86. The summed E-state index contributed by atoms with van der Waals surface area (Å²) in [5.74, 6) is -0.498. The number of rotatable bonds is 3. The van der Waals surface area contributed by atoms with Crippen molar-refractivity contribution in [1.82, 2.24) is 0 Å². The standard InChI is InChI=1S/C13H16Cl3NO3/c1-8-7-12(3,13(14,15)16)6-5-10(8)17-20-9(2)11(18)19-4/h5-7,9H,1-4H3/b17-10+/t9-,12-/m0/s1. The van der Waals surface area contributed by atoms with E-state index in [9.17, 15) is 4.79 Å². The van der Waals surface area contributed by atoms with Gasteiger partial charge in [-0.25, -0.2) is 4.79 Å². The van der Waals surface area contributed by atoms with Crippen LogP contribution in [-0.4, -0.2) is 28.7 Å². The molecule has 20 heavy (non-hydrogen) atoms. The second-order valence-corrected chi connectivity index (χ2v) is 6.97. The first-order chi connectivity index (χ1) is 9.10. The van der Waals surface area contributed by atoms with E-state index in [2.05, 4.69) is 9.89 Å². The number of ether oxygens (including phenoxy) is 1. The van der Waals surface area contributed by atoms with Gasteiger partial charge in [-0.1, -0.05) is 52.1 Å². The van der Waals surface area contributed by atoms with Crippen LogP contribution in [0.5, 0.6) is 0 Å². The minimum Gasteiger partial charge on any atom is -0.466 e. The second kappa shape index (κ2) is 6.37. The Morgan fingerprint density at radius 3 is 2.50 bits per heavy atom. The number of hydrogen-bond acceptors (Lipinski definition) is 4. The molecule has 4 nitrogen and oxygen atoms in total. The molecule has 0 spiro atoms. The summed E-state index contributed by atoms with van der Waals surface area (Å²) in [6.45, 7) is 5.17. The highest BCUT2D eigenvalue weighted by Gasteiger charge is 2.42. The number of nitrogens with zero attached hydrogens (tertiary/aromatic N) is 1. The highest BCUT2D eigenvalue weighted by molar-refractivity contribution is 6.68. The van der Waals surface area contributed by atoms with Gasteiger partial charge >= 0.3 is 5.97 Å². The van der Waals surface area contributed by atoms with Crippen molar-refractivity contribution in [3.63, 3.8) is 0 Å². The second-order valence-electron chi connectivity index (χ2n) is 4.69. The molecule has 0 heterocycles. The van der Waals surface area contributed by atoms with Crippen LogP contribution in [0.2, 0.25) is 0 Å². The van der Waals surface area contributed by atoms with Gasteiger partial charge in [-0.05, 0) is 32.4 Å². The first-order valence-electron chi connectivity index (χ1n) is 5.88. The lowest BCUT2D eigenvalue weighted by molar-refractivity contribution is -0.152. The number of hydrogen-bond donors (Lipinski definition) is 0. The van der Waals surface area contributed by atoms with Crippen molar-refractivity contribution in [2.45, 2.75) is 30.7 Å². The highest BCUT2D eigenvalue weighted by atomic mass is 35.6. The number of allylic oxidation sites excluding steroid dienone is 4. The minimum atomic E-state index is -1.46. The molecular formula is C13H16Cl3NO3. The Bertz CT molecular complexity index is 480. The van der Waals surface area contributed by atoms with E-state index in [1.54, 1.807) is 32.1 Å². The molecule has 0 fully saturated rings. The Labute approximate surface area is 133 Å². The number of oxime groups is 1. The number of esters is 1. The highest BCUT2D eigenvalue weighted by Crippen LogP contribution is 2.48. The molecule has 7 heteroatoms. The fraction of sp³-hybridized carbons (Fsp3) is 0.538. The fourth-order valence-corrected chi connectivity index (χ4v) is 1.93. The van der Waals surface area contributed by atoms with Crippen LogP contribution in [0.15, 0.2) is 29.0 Å². The molecule has 0 aromatic heterocycles. The Hall–Kier alpha value is -0.710. The van der Waals surface area contributed by atoms with Crippen molar-refractivity contribution >= 4 is 46.5 Å². The molecule has 0 unspecified atom stereocenters. The van der Waals surface area contributed by atoms with Crippen LogP contribution >= 0.6 is 34.8 Å². The summed E-state index contributed by atoms with van der Waals surface area (Å²) in [4.78, 5) is 16.3. The third kappa shape index (κ3) is 3.90. The van der Waals surface area contributed by atoms with Crippen molar-refractivity contribution in [1.29, 1.82) is 0 Å². The van der Waals surface area contributed by atoms with Gasteiger partial charge in [0.1, 0.15) is 5.71 Å². The van der Waals surface area contributed by atoms with Crippen LogP contribution in [0.1, 0.15) is 20.8 Å². The first-order valence-corrected chi connectivity index (χ1v) is 7.01. The molecule has 0 saturated carbocycles. The van der Waals surface area contributed by atoms with Crippen LogP contribution in [0.25, 0.3) is 0 Å². The smallest absolute Gasteiger partial charge is 0.349 e. The molecule has 1 rings (SSSR count). The molecule has 0 N–H and O–H groups in total. The molecule has 1 aliphatic rings. The molecule has 1 aliphatic carbocycles. The zero-order valence-electron chi connectivity index (χ0n) is 11.6. The van der Waals surface area contributed by atoms with E-state index < -0.39 is 21.3 Å². The summed E-state index contributed by atoms with van der Waals surface area (Å²) in [6.07, 6.45) is 4.44. The van der Waals surface area contributed by atoms with Crippen LogP contribution in [0.3, 0.4) is 0 Å². The van der Waals surface area contributed by atoms with E-state index >= 15 is 0 Å². The first kappa shape index (κ1) is 17.3. The monoisotopic (exact) mass is 339 g/mol. The Morgan fingerprint density at radius 1 is 1.45 bits per heavy atom. The summed E-state index contributed by atoms with van der Waals surface area (Å²) >= 11 is 17.9. The lowest BCUT2D eigenvalue weighted by atomic mass is 9.84. The maximum absolute atomic E-state index is 11.2. The van der Waals surface area contributed by atoms with Gasteiger partial charge < -0.3 is 9.57 Å². The third-order valence-electron chi connectivity index (χ3n) is 2.96. The number of alkyl halides is 3. The predicted molar refractivity (Wildman–Crippen MR) is 81.3 cm³/mol. The van der Waals surface area contributed by atoms with Crippen LogP contribution in [-0.2, 0) is 14.4 Å². The van der Waals surface area contributed by atoms with Gasteiger partial charge in [-0.3, -0.25) is 0 Å². The van der Waals surface area contributed by atoms with Crippen LogP contribution in [0, 0.1) is 5.41 Å². The number of methoxy groups -OCH3 is 1. The van der Waals surface area contributed by atoms with Crippen LogP contribution < -0.4 is 0 Å². The van der Waals surface area contributed by atoms with Gasteiger partial charge in [0, 0.05) is 0 Å². The predicted octanol–water partition coefficient (Wildman–Crippen LogP) is 3.81. The summed E-state index contributed by atoms with van der Waals surface area (Å²) in [5.41, 5.74) is 0.625. The molecule has 0 aromatic rings. The summed E-state index contributed by atoms with van der Waals surface area (Å²) in [7, 11) is 1.29. The van der Waals surface area contributed by atoms with Gasteiger partial charge in [0.2, 0.25) is 9.90 Å². The van der Waals surface area contributed by atoms with Crippen molar-refractivity contribution in [2.24, 2.45) is 10.6 Å². The van der Waals surface area contributed by atoms with Crippen molar-refractivity contribution < 1.29 is 14.4 Å². The van der Waals surface area contributed by atoms with Crippen molar-refractivity contribution in [3.05, 3.63) is 23.8 Å².